The molecule has 0 unspecified atom stereocenters. The van der Waals surface area contributed by atoms with Crippen molar-refractivity contribution in [3.05, 3.63) is 84.9 Å². The van der Waals surface area contributed by atoms with Gasteiger partial charge in [-0.1, -0.05) is 0 Å². The summed E-state index contributed by atoms with van der Waals surface area (Å²) in [6.07, 6.45) is 4.44. The topological polar surface area (TPSA) is 94.6 Å². The first kappa shape index (κ1) is 34.1. The first-order chi connectivity index (χ1) is 20.3. The zero-order valence-electron chi connectivity index (χ0n) is 25.5. The van der Waals surface area contributed by atoms with Gasteiger partial charge in [-0.25, -0.2) is 0 Å². The molecule has 227 valence electrons. The van der Waals surface area contributed by atoms with Gasteiger partial charge in [0.05, 0.1) is 0 Å². The molecule has 10 heteroatoms. The number of nitrogens with one attached hydrogen (secondary N) is 3. The number of likely N-dealkylation sites (tertiary alicyclic amines) is 1. The SMILES string of the molecule is C[CH-]C.Cc1cc(NC2=C[I-]c3n[nH]c(C)c3C(Nc3[c-]cccc3)=N2)c(OC(C)C)cc1C1CCN(C)CC1.[O]=[Tc+2]. The number of rotatable bonds is 6. The molecule has 8 nitrogen and oxygen atoms in total. The third-order valence-electron chi connectivity index (χ3n) is 6.75. The Labute approximate surface area is 271 Å². The molecule has 2 aliphatic heterocycles. The number of aryl methyl sites for hydroxylation is 2. The van der Waals surface area contributed by atoms with Crippen molar-refractivity contribution < 1.29 is 48.3 Å². The van der Waals surface area contributed by atoms with E-state index < -0.39 is 21.2 Å². The van der Waals surface area contributed by atoms with Crippen LogP contribution in [0.2, 0.25) is 0 Å². The normalized spacial score (nSPS) is 15.3. The Balaban J connectivity index is 0.000000910. The average molecular weight is 768 g/mol. The van der Waals surface area contributed by atoms with Crippen LogP contribution in [0.5, 0.6) is 5.75 Å². The molecule has 2 aromatic carbocycles. The molecular formula is C32H42IN6O2Tc-. The van der Waals surface area contributed by atoms with Gasteiger partial charge in [-0.3, -0.25) is 0 Å². The molecule has 0 spiro atoms. The van der Waals surface area contributed by atoms with Crippen molar-refractivity contribution in [2.45, 2.75) is 66.4 Å². The molecule has 0 bridgehead atoms. The second kappa shape index (κ2) is 17.0. The maximum atomic E-state index is 8.22. The van der Waals surface area contributed by atoms with Crippen LogP contribution in [0, 0.1) is 30.0 Å². The van der Waals surface area contributed by atoms with Crippen LogP contribution in [-0.4, -0.2) is 47.2 Å². The Morgan fingerprint density at radius 1 is 1.17 bits per heavy atom. The second-order valence-corrected chi connectivity index (χ2v) is 12.9. The summed E-state index contributed by atoms with van der Waals surface area (Å²) in [4.78, 5) is 7.47. The summed E-state index contributed by atoms with van der Waals surface area (Å²) in [5.41, 5.74) is 6.57. The standard InChI is InChI=1S/C29H35IN6O.C3H7.O.Tc/c1-18(2)37-25-16-23(21-11-13-36(5)14-12-21)19(3)15-24(25)32-26-17-30-28-27(20(4)34-35-28)29(33-26)31-22-9-7-6-8-10-22;1-3-2;;/h6-9,15-18,21,32H,11-14H2,1-5H3,(H,31,33)(H,34,35);3H,1-2H3;;/q-2;-1;;+2. The van der Waals surface area contributed by atoms with E-state index in [0.717, 1.165) is 75.7 Å². The van der Waals surface area contributed by atoms with Crippen molar-refractivity contribution in [3.63, 3.8) is 0 Å². The number of benzene rings is 2. The fourth-order valence-electron chi connectivity index (χ4n) is 4.85. The van der Waals surface area contributed by atoms with Crippen molar-refractivity contribution in [1.82, 2.24) is 15.1 Å². The molecule has 0 aliphatic carbocycles. The van der Waals surface area contributed by atoms with E-state index in [9.17, 15) is 0 Å². The molecule has 3 heterocycles. The number of piperidine rings is 1. The van der Waals surface area contributed by atoms with Crippen LogP contribution < -0.4 is 36.6 Å². The van der Waals surface area contributed by atoms with Crippen LogP contribution in [0.1, 0.15) is 68.8 Å². The Hall–Kier alpha value is -2.40. The van der Waals surface area contributed by atoms with Crippen molar-refractivity contribution in [1.29, 1.82) is 0 Å². The number of para-hydroxylation sites is 1. The summed E-state index contributed by atoms with van der Waals surface area (Å²) in [5, 5.41) is 14.8. The Morgan fingerprint density at radius 2 is 1.88 bits per heavy atom. The predicted molar refractivity (Wildman–Crippen MR) is 162 cm³/mol. The number of aromatic nitrogens is 2. The maximum absolute atomic E-state index is 8.22. The van der Waals surface area contributed by atoms with Crippen LogP contribution in [-0.2, 0) is 22.4 Å². The molecule has 0 atom stereocenters. The Kier molecular flexibility index (Phi) is 13.8. The molecule has 42 heavy (non-hydrogen) atoms. The van der Waals surface area contributed by atoms with E-state index >= 15 is 0 Å². The summed E-state index contributed by atoms with van der Waals surface area (Å²) in [6, 6.07) is 15.6. The fraction of sp³-hybridized carbons (Fsp3) is 0.406. The van der Waals surface area contributed by atoms with E-state index in [0.29, 0.717) is 5.92 Å². The summed E-state index contributed by atoms with van der Waals surface area (Å²) in [6.45, 7) is 14.7. The molecule has 3 N–H and O–H groups in total. The number of hydrogen-bond donors (Lipinski definition) is 3. The van der Waals surface area contributed by atoms with Gasteiger partial charge in [0, 0.05) is 0 Å². The van der Waals surface area contributed by atoms with Gasteiger partial charge < -0.3 is 6.42 Å². The van der Waals surface area contributed by atoms with Crippen LogP contribution >= 0.6 is 0 Å². The van der Waals surface area contributed by atoms with Gasteiger partial charge in [0.2, 0.25) is 0 Å². The number of ether oxygens (including phenoxy) is 1. The van der Waals surface area contributed by atoms with E-state index in [1.807, 2.05) is 51.5 Å². The van der Waals surface area contributed by atoms with Crippen molar-refractivity contribution in [2.75, 3.05) is 30.8 Å². The summed E-state index contributed by atoms with van der Waals surface area (Å²) in [5.74, 6) is 3.03. The number of aromatic amines is 1. The third-order valence-corrected chi connectivity index (χ3v) is 9.02. The number of nitrogens with zero attached hydrogens (tertiary/aromatic N) is 3. The second-order valence-electron chi connectivity index (χ2n) is 10.6. The Bertz CT molecular complexity index is 1350. The van der Waals surface area contributed by atoms with E-state index in [4.69, 9.17) is 13.2 Å². The van der Waals surface area contributed by atoms with Gasteiger partial charge >= 0.3 is 253 Å². The third kappa shape index (κ3) is 9.30. The van der Waals surface area contributed by atoms with Gasteiger partial charge in [0.25, 0.3) is 0 Å². The average Bonchev–Trinajstić information content (AvgIpc) is 3.25. The molecule has 1 aromatic heterocycles. The van der Waals surface area contributed by atoms with Gasteiger partial charge in [0.1, 0.15) is 0 Å². The van der Waals surface area contributed by atoms with E-state index in [-0.39, 0.29) is 6.10 Å². The van der Waals surface area contributed by atoms with Crippen LogP contribution in [0.25, 0.3) is 0 Å². The molecule has 5 rings (SSSR count). The number of halogens is 1. The van der Waals surface area contributed by atoms with Gasteiger partial charge in [-0.2, -0.15) is 13.8 Å². The minimum atomic E-state index is -0.487. The van der Waals surface area contributed by atoms with Gasteiger partial charge in [-0.05, 0) is 0 Å². The van der Waals surface area contributed by atoms with Crippen LogP contribution in [0.3, 0.4) is 0 Å². The first-order valence-corrected chi connectivity index (χ1v) is 17.2. The molecule has 1 fully saturated rings. The van der Waals surface area contributed by atoms with E-state index in [2.05, 4.69) is 75.8 Å². The number of aliphatic imine (C=N–C) groups is 1. The van der Waals surface area contributed by atoms with Crippen molar-refractivity contribution >= 4 is 17.2 Å². The van der Waals surface area contributed by atoms with E-state index in [1.165, 1.54) is 24.0 Å². The van der Waals surface area contributed by atoms with Gasteiger partial charge in [-0.15, -0.1) is 0 Å². The fourth-order valence-corrected chi connectivity index (χ4v) is 6.97. The molecule has 2 aliphatic rings. The molecule has 0 saturated carbocycles. The quantitative estimate of drug-likeness (QED) is 0.263. The van der Waals surface area contributed by atoms with E-state index in [1.54, 1.807) is 0 Å². The molecule has 0 amide bonds. The number of hydrogen-bond acceptors (Lipinski definition) is 7. The summed E-state index contributed by atoms with van der Waals surface area (Å²) < 4.78 is 17.8. The zero-order valence-corrected chi connectivity index (χ0v) is 29.5. The summed E-state index contributed by atoms with van der Waals surface area (Å²) >= 11 is 0.413. The number of anilines is 2. The molecule has 1 saturated heterocycles. The zero-order chi connectivity index (χ0) is 30.6. The number of fused-ring (bicyclic) bond motifs is 1. The first-order valence-electron chi connectivity index (χ1n) is 14.2. The Morgan fingerprint density at radius 3 is 2.52 bits per heavy atom. The molecule has 0 radical (unpaired) electrons. The van der Waals surface area contributed by atoms with Gasteiger partial charge in [0.15, 0.2) is 0 Å². The van der Waals surface area contributed by atoms with Crippen molar-refractivity contribution in [3.8, 4) is 5.75 Å². The monoisotopic (exact) mass is 766 g/mol. The molecular weight excluding hydrogens is 725 g/mol. The summed E-state index contributed by atoms with van der Waals surface area (Å²) in [7, 11) is 2.21. The van der Waals surface area contributed by atoms with Crippen molar-refractivity contribution in [2.24, 2.45) is 4.99 Å². The molecule has 3 aromatic rings. The number of H-pyrrole nitrogens is 1. The van der Waals surface area contributed by atoms with Crippen LogP contribution in [0.4, 0.5) is 11.4 Å². The minimum absolute atomic E-state index is 0.0751. The number of amidine groups is 1. The predicted octanol–water partition coefficient (Wildman–Crippen LogP) is 3.57. The van der Waals surface area contributed by atoms with Crippen LogP contribution in [0.15, 0.2) is 51.3 Å².